The molecule has 0 spiro atoms. The number of anilines is 4. The van der Waals surface area contributed by atoms with Gasteiger partial charge in [0, 0.05) is 60.5 Å². The number of hydrogen-bond acceptors (Lipinski definition) is 8. The summed E-state index contributed by atoms with van der Waals surface area (Å²) in [5, 5.41) is 6.73. The Balaban J connectivity index is 0.00000387. The number of hydrogen-bond donors (Lipinski definition) is 3. The Kier molecular flexibility index (Phi) is 8.83. The Morgan fingerprint density at radius 3 is 2.59 bits per heavy atom. The van der Waals surface area contributed by atoms with Crippen LogP contribution in [0.5, 0.6) is 5.75 Å². The third-order valence-electron chi connectivity index (χ3n) is 6.56. The minimum atomic E-state index is -2.82. The van der Waals surface area contributed by atoms with Gasteiger partial charge < -0.3 is 26.4 Å². The monoisotopic (exact) mass is 596 g/mol. The molecular formula is C26H26ClF5N8O. The molecule has 4 aromatic rings. The third-order valence-corrected chi connectivity index (χ3v) is 6.56. The van der Waals surface area contributed by atoms with Crippen molar-refractivity contribution in [3.05, 3.63) is 60.6 Å². The zero-order chi connectivity index (χ0) is 28.6. The number of nitrogens with zero attached hydrogens (tertiary/aromatic N) is 5. The molecule has 218 valence electrons. The Labute approximate surface area is 237 Å². The quantitative estimate of drug-likeness (QED) is 0.246. The fourth-order valence-electron chi connectivity index (χ4n) is 4.56. The highest BCUT2D eigenvalue weighted by Gasteiger charge is 2.28. The molecule has 5 N–H and O–H groups in total. The molecule has 0 saturated carbocycles. The predicted molar refractivity (Wildman–Crippen MR) is 147 cm³/mol. The molecule has 1 fully saturated rings. The average Bonchev–Trinajstić information content (AvgIpc) is 3.42. The predicted octanol–water partition coefficient (Wildman–Crippen LogP) is 5.31. The molecule has 2 atom stereocenters. The molecule has 0 radical (unpaired) electrons. The molecule has 1 saturated heterocycles. The Morgan fingerprint density at radius 1 is 1.12 bits per heavy atom. The molecule has 9 nitrogen and oxygen atoms in total. The molecule has 41 heavy (non-hydrogen) atoms. The van der Waals surface area contributed by atoms with Crippen molar-refractivity contribution >= 4 is 35.4 Å². The maximum Gasteiger partial charge on any atom is 0.333 e. The summed E-state index contributed by atoms with van der Waals surface area (Å²) in [6, 6.07) is 5.67. The molecule has 0 aliphatic carbocycles. The van der Waals surface area contributed by atoms with Crippen LogP contribution in [0, 0.1) is 11.6 Å². The topological polar surface area (TPSA) is 120 Å². The van der Waals surface area contributed by atoms with Crippen molar-refractivity contribution in [3.63, 3.8) is 0 Å². The first kappa shape index (κ1) is 29.8. The maximum atomic E-state index is 14.8. The standard InChI is InChI=1S/C26H25F5N8O.ClH/c1-40-21-7-14(27)6-17(29)24(21)25-18(32)2-3-22(37-25)36-23-8-20(38-5-4-16(28)19(33)12-38)15(10-34-23)13-9-35-39(11-13)26(30)31;/h2-3,6-11,16,19,26H,4-5,12,32-33H2,1H3,(H,34,36,37);1H/t16-,19-;/m1./s1. The lowest BCUT2D eigenvalue weighted by Crippen LogP contribution is -2.49. The smallest absolute Gasteiger partial charge is 0.333 e. The van der Waals surface area contributed by atoms with Gasteiger partial charge in [-0.1, -0.05) is 0 Å². The molecule has 3 aromatic heterocycles. The number of nitrogens with one attached hydrogen (secondary N) is 1. The zero-order valence-corrected chi connectivity index (χ0v) is 22.4. The summed E-state index contributed by atoms with van der Waals surface area (Å²) >= 11 is 0. The van der Waals surface area contributed by atoms with Crippen molar-refractivity contribution in [3.8, 4) is 28.1 Å². The Hall–Kier alpha value is -4.17. The van der Waals surface area contributed by atoms with Crippen molar-refractivity contribution in [1.82, 2.24) is 19.7 Å². The van der Waals surface area contributed by atoms with E-state index in [0.717, 1.165) is 6.07 Å². The SMILES string of the molecule is COc1cc(F)cc(F)c1-c1nc(Nc2cc(N3CC[C@@H](F)[C@H](N)C3)c(-c3cnn(C(F)F)c3)cn2)ccc1N.Cl. The van der Waals surface area contributed by atoms with E-state index in [1.54, 1.807) is 12.1 Å². The molecule has 15 heteroatoms. The van der Waals surface area contributed by atoms with E-state index in [1.165, 1.54) is 31.8 Å². The van der Waals surface area contributed by atoms with Crippen molar-refractivity contribution in [1.29, 1.82) is 0 Å². The van der Waals surface area contributed by atoms with Gasteiger partial charge in [-0.25, -0.2) is 27.8 Å². The lowest BCUT2D eigenvalue weighted by atomic mass is 10.0. The van der Waals surface area contributed by atoms with Crippen molar-refractivity contribution in [2.24, 2.45) is 5.73 Å². The number of rotatable bonds is 7. The van der Waals surface area contributed by atoms with E-state index in [1.807, 2.05) is 4.90 Å². The van der Waals surface area contributed by atoms with Crippen molar-refractivity contribution in [2.45, 2.75) is 25.2 Å². The number of aromatic nitrogens is 4. The molecular weight excluding hydrogens is 571 g/mol. The maximum absolute atomic E-state index is 14.8. The number of piperidine rings is 1. The number of methoxy groups -OCH3 is 1. The highest BCUT2D eigenvalue weighted by Crippen LogP contribution is 2.38. The highest BCUT2D eigenvalue weighted by atomic mass is 35.5. The summed E-state index contributed by atoms with van der Waals surface area (Å²) in [6.07, 6.45) is 2.98. The first-order chi connectivity index (χ1) is 19.1. The van der Waals surface area contributed by atoms with Crippen LogP contribution in [-0.4, -0.2) is 52.2 Å². The van der Waals surface area contributed by atoms with Gasteiger partial charge in [0.05, 0.1) is 30.6 Å². The van der Waals surface area contributed by atoms with Crippen LogP contribution < -0.4 is 26.4 Å². The molecule has 1 aliphatic heterocycles. The molecule has 0 unspecified atom stereocenters. The first-order valence-electron chi connectivity index (χ1n) is 12.2. The van der Waals surface area contributed by atoms with Crippen LogP contribution >= 0.6 is 12.4 Å². The summed E-state index contributed by atoms with van der Waals surface area (Å²) < 4.78 is 74.6. The van der Waals surface area contributed by atoms with E-state index in [4.69, 9.17) is 16.2 Å². The minimum Gasteiger partial charge on any atom is -0.496 e. The summed E-state index contributed by atoms with van der Waals surface area (Å²) in [5.41, 5.74) is 13.5. The van der Waals surface area contributed by atoms with Crippen LogP contribution in [0.4, 0.5) is 45.0 Å². The van der Waals surface area contributed by atoms with Gasteiger partial charge in [-0.2, -0.15) is 13.9 Å². The molecule has 1 aromatic carbocycles. The molecule has 0 amide bonds. The van der Waals surface area contributed by atoms with E-state index in [2.05, 4.69) is 20.4 Å². The van der Waals surface area contributed by atoms with Gasteiger partial charge in [-0.3, -0.25) is 0 Å². The van der Waals surface area contributed by atoms with Gasteiger partial charge in [0.15, 0.2) is 0 Å². The number of ether oxygens (including phenoxy) is 1. The Bertz CT molecular complexity index is 1540. The van der Waals surface area contributed by atoms with Crippen LogP contribution in [0.2, 0.25) is 0 Å². The summed E-state index contributed by atoms with van der Waals surface area (Å²) in [6.45, 7) is -2.30. The number of benzene rings is 1. The lowest BCUT2D eigenvalue weighted by molar-refractivity contribution is 0.0566. The fourth-order valence-corrected chi connectivity index (χ4v) is 4.56. The van der Waals surface area contributed by atoms with E-state index >= 15 is 0 Å². The fraction of sp³-hybridized carbons (Fsp3) is 0.269. The molecule has 4 heterocycles. The molecule has 5 rings (SSSR count). The van der Waals surface area contributed by atoms with Crippen LogP contribution in [0.25, 0.3) is 22.4 Å². The van der Waals surface area contributed by atoms with E-state index in [-0.39, 0.29) is 53.9 Å². The number of nitrogens with two attached hydrogens (primary N) is 2. The first-order valence-corrected chi connectivity index (χ1v) is 12.2. The number of halogens is 6. The second-order valence-electron chi connectivity index (χ2n) is 9.21. The van der Waals surface area contributed by atoms with Gasteiger partial charge in [-0.05, 0) is 18.6 Å². The van der Waals surface area contributed by atoms with Gasteiger partial charge in [0.2, 0.25) is 0 Å². The Morgan fingerprint density at radius 2 is 1.90 bits per heavy atom. The average molecular weight is 597 g/mol. The largest absolute Gasteiger partial charge is 0.496 e. The van der Waals surface area contributed by atoms with Gasteiger partial charge in [0.1, 0.15) is 40.9 Å². The van der Waals surface area contributed by atoms with Crippen molar-refractivity contribution < 1.29 is 26.7 Å². The van der Waals surface area contributed by atoms with E-state index in [9.17, 15) is 22.0 Å². The summed E-state index contributed by atoms with van der Waals surface area (Å²) in [7, 11) is 1.27. The lowest BCUT2D eigenvalue weighted by Gasteiger charge is -2.35. The number of pyridine rings is 2. The van der Waals surface area contributed by atoms with Gasteiger partial charge in [-0.15, -0.1) is 12.4 Å². The second-order valence-corrected chi connectivity index (χ2v) is 9.21. The van der Waals surface area contributed by atoms with Crippen LogP contribution in [-0.2, 0) is 0 Å². The van der Waals surface area contributed by atoms with Gasteiger partial charge in [0.25, 0.3) is 0 Å². The highest BCUT2D eigenvalue weighted by molar-refractivity contribution is 5.85. The van der Waals surface area contributed by atoms with Gasteiger partial charge >= 0.3 is 6.55 Å². The van der Waals surface area contributed by atoms with Crippen LogP contribution in [0.3, 0.4) is 0 Å². The minimum absolute atomic E-state index is 0. The zero-order valence-electron chi connectivity index (χ0n) is 21.6. The van der Waals surface area contributed by atoms with E-state index < -0.39 is 30.4 Å². The van der Waals surface area contributed by atoms with Crippen LogP contribution in [0.15, 0.2) is 48.9 Å². The van der Waals surface area contributed by atoms with Crippen LogP contribution in [0.1, 0.15) is 13.0 Å². The summed E-state index contributed by atoms with van der Waals surface area (Å²) in [4.78, 5) is 10.7. The van der Waals surface area contributed by atoms with Crippen molar-refractivity contribution in [2.75, 3.05) is 36.1 Å². The second kappa shape index (κ2) is 12.1. The normalized spacial score (nSPS) is 16.9. The van der Waals surface area contributed by atoms with E-state index in [0.29, 0.717) is 39.9 Å². The summed E-state index contributed by atoms with van der Waals surface area (Å²) in [5.74, 6) is -1.29. The number of nitrogen functional groups attached to an aromatic ring is 1. The molecule has 0 bridgehead atoms. The molecule has 1 aliphatic rings. The number of alkyl halides is 3. The third kappa shape index (κ3) is 6.12.